The molecule has 0 fully saturated rings. The second-order valence-corrected chi connectivity index (χ2v) is 6.25. The molecule has 5 heteroatoms. The third kappa shape index (κ3) is 2.10. The van der Waals surface area contributed by atoms with Crippen molar-refractivity contribution in [2.75, 3.05) is 0 Å². The number of hydrogen-bond donors (Lipinski definition) is 2. The Morgan fingerprint density at radius 1 is 0.600 bits per heavy atom. The molecule has 25 heavy (non-hydrogen) atoms. The van der Waals surface area contributed by atoms with Crippen molar-refractivity contribution in [3.8, 4) is 11.5 Å². The van der Waals surface area contributed by atoms with Crippen LogP contribution in [0.5, 0.6) is 11.5 Å². The first-order valence-corrected chi connectivity index (χ1v) is 8.09. The van der Waals surface area contributed by atoms with Crippen molar-refractivity contribution in [1.29, 1.82) is 0 Å². The van der Waals surface area contributed by atoms with Gasteiger partial charge in [0.1, 0.15) is 0 Å². The zero-order valence-corrected chi connectivity index (χ0v) is 13.1. The average Bonchev–Trinajstić information content (AvgIpc) is 2.97. The molecular weight excluding hydrogens is 312 g/mol. The Hall–Kier alpha value is -3.60. The number of aromatic nitrogens is 4. The fourth-order valence-corrected chi connectivity index (χ4v) is 3.22. The number of hydrogen-bond acceptors (Lipinski definition) is 3. The fourth-order valence-electron chi connectivity index (χ4n) is 3.22. The molecule has 8 bridgehead atoms. The molecule has 3 aromatic rings. The molecule has 0 spiro atoms. The van der Waals surface area contributed by atoms with Crippen molar-refractivity contribution in [1.82, 2.24) is 19.9 Å². The molecule has 0 amide bonds. The molecule has 3 aromatic heterocycles. The maximum absolute atomic E-state index is 5.60. The van der Waals surface area contributed by atoms with Gasteiger partial charge in [-0.3, -0.25) is 0 Å². The summed E-state index contributed by atoms with van der Waals surface area (Å²) in [7, 11) is 0. The van der Waals surface area contributed by atoms with E-state index in [1.165, 1.54) is 0 Å². The molecule has 6 heterocycles. The normalized spacial score (nSPS) is 13.6. The van der Waals surface area contributed by atoms with Crippen LogP contribution >= 0.6 is 0 Å². The number of H-pyrrole nitrogens is 2. The molecular formula is C20H12N4O. The molecule has 0 aliphatic carbocycles. The number of fused-ring (bicyclic) bond motifs is 11. The predicted molar refractivity (Wildman–Crippen MR) is 98.9 cm³/mol. The minimum Gasteiger partial charge on any atom is -0.445 e. The first kappa shape index (κ1) is 12.8. The third-order valence-corrected chi connectivity index (χ3v) is 4.42. The van der Waals surface area contributed by atoms with Gasteiger partial charge >= 0.3 is 0 Å². The summed E-state index contributed by atoms with van der Waals surface area (Å²) in [4.78, 5) is 16.0. The zero-order valence-electron chi connectivity index (χ0n) is 13.1. The molecule has 0 unspecified atom stereocenters. The summed E-state index contributed by atoms with van der Waals surface area (Å²) < 4.78 is 5.60. The summed E-state index contributed by atoms with van der Waals surface area (Å²) in [6.45, 7) is 0. The van der Waals surface area contributed by atoms with Crippen molar-refractivity contribution in [2.45, 2.75) is 0 Å². The summed E-state index contributed by atoms with van der Waals surface area (Å²) >= 11 is 0. The Balaban J connectivity index is 1.72. The van der Waals surface area contributed by atoms with Gasteiger partial charge in [-0.2, -0.15) is 0 Å². The van der Waals surface area contributed by atoms with Crippen LogP contribution in [-0.4, -0.2) is 19.9 Å². The number of nitrogens with one attached hydrogen (secondary N) is 2. The maximum Gasteiger partial charge on any atom is 0.195 e. The van der Waals surface area contributed by atoms with Gasteiger partial charge in [0.2, 0.25) is 0 Å². The molecule has 0 atom stereocenters. The Morgan fingerprint density at radius 2 is 1.08 bits per heavy atom. The largest absolute Gasteiger partial charge is 0.445 e. The second-order valence-electron chi connectivity index (χ2n) is 6.25. The van der Waals surface area contributed by atoms with Crippen molar-refractivity contribution < 1.29 is 4.74 Å². The van der Waals surface area contributed by atoms with Crippen LogP contribution in [0, 0.1) is 0 Å². The van der Waals surface area contributed by atoms with Crippen LogP contribution in [0.1, 0.15) is 22.8 Å². The summed E-state index contributed by atoms with van der Waals surface area (Å²) in [5, 5.41) is 0. The number of aromatic amines is 2. The highest BCUT2D eigenvalue weighted by Gasteiger charge is 2.27. The second kappa shape index (κ2) is 4.48. The lowest BCUT2D eigenvalue weighted by Crippen LogP contribution is -1.77. The highest BCUT2D eigenvalue weighted by molar-refractivity contribution is 5.90. The van der Waals surface area contributed by atoms with Gasteiger partial charge in [-0.05, 0) is 60.7 Å². The van der Waals surface area contributed by atoms with Gasteiger partial charge in [-0.25, -0.2) is 9.97 Å². The van der Waals surface area contributed by atoms with E-state index in [4.69, 9.17) is 4.74 Å². The third-order valence-electron chi connectivity index (χ3n) is 4.42. The minimum atomic E-state index is 0.899. The van der Waals surface area contributed by atoms with Crippen molar-refractivity contribution in [3.63, 3.8) is 0 Å². The molecule has 3 aliphatic heterocycles. The number of ether oxygens (including phenoxy) is 1. The lowest BCUT2D eigenvalue weighted by molar-refractivity contribution is 0.650. The van der Waals surface area contributed by atoms with E-state index in [9.17, 15) is 0 Å². The molecule has 118 valence electrons. The van der Waals surface area contributed by atoms with Crippen molar-refractivity contribution in [3.05, 3.63) is 59.2 Å². The van der Waals surface area contributed by atoms with Crippen molar-refractivity contribution >= 4 is 46.4 Å². The number of rotatable bonds is 0. The van der Waals surface area contributed by atoms with Crippen molar-refractivity contribution in [2.24, 2.45) is 0 Å². The minimum absolute atomic E-state index is 0.899. The summed E-state index contributed by atoms with van der Waals surface area (Å²) in [6.07, 6.45) is 8.02. The summed E-state index contributed by atoms with van der Waals surface area (Å²) in [5.74, 6) is 1.80. The first-order chi connectivity index (χ1) is 12.3. The smallest absolute Gasteiger partial charge is 0.195 e. The topological polar surface area (TPSA) is 69.9 Å². The van der Waals surface area contributed by atoms with Crippen LogP contribution in [0.3, 0.4) is 0 Å². The van der Waals surface area contributed by atoms with Crippen LogP contribution in [0.4, 0.5) is 0 Å². The lowest BCUT2D eigenvalue weighted by atomic mass is 10.3. The maximum atomic E-state index is 5.60. The quantitative estimate of drug-likeness (QED) is 0.396. The van der Waals surface area contributed by atoms with Gasteiger partial charge in [0.15, 0.2) is 11.5 Å². The average molecular weight is 324 g/mol. The van der Waals surface area contributed by atoms with Gasteiger partial charge in [0.25, 0.3) is 0 Å². The van der Waals surface area contributed by atoms with Gasteiger partial charge in [-0.1, -0.05) is 0 Å². The fraction of sp³-hybridized carbons (Fsp3) is 0. The van der Waals surface area contributed by atoms with E-state index < -0.39 is 0 Å². The molecule has 2 N–H and O–H groups in total. The molecule has 5 nitrogen and oxygen atoms in total. The standard InChI is InChI=1S/C20H12N4O/c1-2-12-8-14-4-6-16(23-14)10-18-20-19(25-20)17(24-18)9-15-5-3-13(22-15)7-11(1)21-12/h1-10,21,24H. The highest BCUT2D eigenvalue weighted by atomic mass is 16.6. The van der Waals surface area contributed by atoms with E-state index >= 15 is 0 Å². The van der Waals surface area contributed by atoms with Crippen LogP contribution in [0.25, 0.3) is 46.4 Å². The molecule has 3 aliphatic rings. The summed E-state index contributed by atoms with van der Waals surface area (Å²) in [6, 6.07) is 12.2. The molecule has 0 saturated heterocycles. The zero-order chi connectivity index (χ0) is 16.4. The van der Waals surface area contributed by atoms with Gasteiger partial charge in [0, 0.05) is 11.0 Å². The predicted octanol–water partition coefficient (Wildman–Crippen LogP) is 4.76. The van der Waals surface area contributed by atoms with Crippen LogP contribution in [0.15, 0.2) is 36.4 Å². The van der Waals surface area contributed by atoms with E-state index in [1.807, 2.05) is 60.7 Å². The Bertz CT molecular complexity index is 1180. The van der Waals surface area contributed by atoms with Crippen LogP contribution in [0.2, 0.25) is 0 Å². The van der Waals surface area contributed by atoms with Gasteiger partial charge in [-0.15, -0.1) is 0 Å². The monoisotopic (exact) mass is 324 g/mol. The number of nitrogens with zero attached hydrogens (tertiary/aromatic N) is 2. The van der Waals surface area contributed by atoms with Gasteiger partial charge in [0.05, 0.1) is 33.8 Å². The molecule has 6 rings (SSSR count). The molecule has 0 radical (unpaired) electrons. The van der Waals surface area contributed by atoms with E-state index in [0.29, 0.717) is 0 Å². The van der Waals surface area contributed by atoms with E-state index in [-0.39, 0.29) is 0 Å². The highest BCUT2D eigenvalue weighted by Crippen LogP contribution is 2.52. The Kier molecular flexibility index (Phi) is 2.29. The van der Waals surface area contributed by atoms with E-state index in [0.717, 1.165) is 56.3 Å². The Morgan fingerprint density at radius 3 is 1.60 bits per heavy atom. The lowest BCUT2D eigenvalue weighted by Gasteiger charge is -1.88. The molecule has 0 saturated carbocycles. The van der Waals surface area contributed by atoms with Crippen LogP contribution in [-0.2, 0) is 0 Å². The SMILES string of the molecule is C1=Cc2cc3[nH]c(cc4nc(cc5ccc(cc1n2)[nH]5)C=C4)c1c3O1. The van der Waals surface area contributed by atoms with Crippen LogP contribution < -0.4 is 4.74 Å². The van der Waals surface area contributed by atoms with E-state index in [1.54, 1.807) is 0 Å². The summed E-state index contributed by atoms with van der Waals surface area (Å²) in [5.41, 5.74) is 7.55. The van der Waals surface area contributed by atoms with Gasteiger partial charge < -0.3 is 14.7 Å². The Labute approximate surface area is 142 Å². The van der Waals surface area contributed by atoms with E-state index in [2.05, 4.69) is 19.9 Å². The first-order valence-electron chi connectivity index (χ1n) is 8.09. The molecule has 0 aromatic carbocycles.